The van der Waals surface area contributed by atoms with Gasteiger partial charge in [0.15, 0.2) is 0 Å². The molecule has 0 radical (unpaired) electrons. The first-order valence-electron chi connectivity index (χ1n) is 4.29. The normalized spacial score (nSPS) is 14.7. The van der Waals surface area contributed by atoms with E-state index in [-0.39, 0.29) is 0 Å². The van der Waals surface area contributed by atoms with Crippen molar-refractivity contribution >= 4 is 29.2 Å². The van der Waals surface area contributed by atoms with Crippen molar-refractivity contribution in [3.63, 3.8) is 0 Å². The molecule has 1 atom stereocenters. The molecule has 0 aliphatic rings. The van der Waals surface area contributed by atoms with Crippen LogP contribution in [0.5, 0.6) is 0 Å². The number of nitrogens with one attached hydrogen (secondary N) is 1. The van der Waals surface area contributed by atoms with Crippen molar-refractivity contribution in [2.75, 3.05) is 7.05 Å². The lowest BCUT2D eigenvalue weighted by Crippen LogP contribution is -2.44. The van der Waals surface area contributed by atoms with Gasteiger partial charge in [-0.05, 0) is 31.7 Å². The standard InChI is InChI=1S/C10H11Cl2NO2/c1-10(13-2,9(14)15)6-3-4-7(11)8(12)5-6/h3-5,13H,1-2H3,(H,14,15). The Hall–Kier alpha value is -0.770. The van der Waals surface area contributed by atoms with Gasteiger partial charge >= 0.3 is 5.97 Å². The smallest absolute Gasteiger partial charge is 0.328 e. The van der Waals surface area contributed by atoms with Crippen LogP contribution in [0.15, 0.2) is 18.2 Å². The highest BCUT2D eigenvalue weighted by Gasteiger charge is 2.33. The van der Waals surface area contributed by atoms with Crippen LogP contribution in [-0.4, -0.2) is 18.1 Å². The van der Waals surface area contributed by atoms with E-state index in [2.05, 4.69) is 5.32 Å². The summed E-state index contributed by atoms with van der Waals surface area (Å²) in [6, 6.07) is 4.77. The van der Waals surface area contributed by atoms with E-state index < -0.39 is 11.5 Å². The van der Waals surface area contributed by atoms with E-state index in [1.807, 2.05) is 0 Å². The molecule has 0 fully saturated rings. The molecule has 2 N–H and O–H groups in total. The summed E-state index contributed by atoms with van der Waals surface area (Å²) in [5.74, 6) is -0.969. The molecule has 0 aromatic heterocycles. The zero-order chi connectivity index (χ0) is 11.6. The summed E-state index contributed by atoms with van der Waals surface area (Å²) in [6.45, 7) is 1.56. The maximum Gasteiger partial charge on any atom is 0.328 e. The third-order valence-electron chi connectivity index (χ3n) is 2.42. The average Bonchev–Trinajstić information content (AvgIpc) is 2.20. The molecule has 1 aromatic rings. The summed E-state index contributed by atoms with van der Waals surface area (Å²) < 4.78 is 0. The van der Waals surface area contributed by atoms with Gasteiger partial charge in [-0.2, -0.15) is 0 Å². The zero-order valence-corrected chi connectivity index (χ0v) is 9.86. The largest absolute Gasteiger partial charge is 0.480 e. The molecule has 0 aliphatic carbocycles. The Morgan fingerprint density at radius 2 is 2.00 bits per heavy atom. The summed E-state index contributed by atoms with van der Waals surface area (Å²) in [7, 11) is 1.58. The molecule has 0 amide bonds. The van der Waals surface area contributed by atoms with E-state index >= 15 is 0 Å². The lowest BCUT2D eigenvalue weighted by Gasteiger charge is -2.24. The number of hydrogen-bond acceptors (Lipinski definition) is 2. The highest BCUT2D eigenvalue weighted by atomic mass is 35.5. The second-order valence-corrected chi connectivity index (χ2v) is 4.12. The van der Waals surface area contributed by atoms with Gasteiger partial charge in [-0.3, -0.25) is 0 Å². The first-order chi connectivity index (χ1) is 6.91. The van der Waals surface area contributed by atoms with Crippen LogP contribution < -0.4 is 5.32 Å². The third kappa shape index (κ3) is 2.25. The topological polar surface area (TPSA) is 49.3 Å². The highest BCUT2D eigenvalue weighted by Crippen LogP contribution is 2.28. The molecule has 1 rings (SSSR count). The fourth-order valence-electron chi connectivity index (χ4n) is 1.18. The van der Waals surface area contributed by atoms with Crippen molar-refractivity contribution in [1.29, 1.82) is 0 Å². The Morgan fingerprint density at radius 1 is 1.40 bits per heavy atom. The van der Waals surface area contributed by atoms with Crippen LogP contribution in [0.3, 0.4) is 0 Å². The summed E-state index contributed by atoms with van der Waals surface area (Å²) in [6.07, 6.45) is 0. The van der Waals surface area contributed by atoms with Gasteiger partial charge in [-0.25, -0.2) is 4.79 Å². The van der Waals surface area contributed by atoms with Crippen molar-refractivity contribution < 1.29 is 9.90 Å². The SMILES string of the molecule is CNC(C)(C(=O)O)c1ccc(Cl)c(Cl)c1. The molecular formula is C10H11Cl2NO2. The minimum Gasteiger partial charge on any atom is -0.480 e. The Labute approximate surface area is 98.0 Å². The zero-order valence-electron chi connectivity index (χ0n) is 8.34. The molecule has 0 saturated heterocycles. The van der Waals surface area contributed by atoms with Crippen LogP contribution in [0.4, 0.5) is 0 Å². The number of carboxylic acids is 1. The Kier molecular flexibility index (Phi) is 3.60. The number of benzene rings is 1. The molecule has 0 heterocycles. The molecule has 82 valence electrons. The summed E-state index contributed by atoms with van der Waals surface area (Å²) in [5, 5.41) is 12.6. The lowest BCUT2D eigenvalue weighted by molar-refractivity contribution is -0.144. The fraction of sp³-hybridized carbons (Fsp3) is 0.300. The van der Waals surface area contributed by atoms with Gasteiger partial charge in [0.1, 0.15) is 5.54 Å². The van der Waals surface area contributed by atoms with Gasteiger partial charge in [0.2, 0.25) is 0 Å². The van der Waals surface area contributed by atoms with Gasteiger partial charge < -0.3 is 10.4 Å². The molecular weight excluding hydrogens is 237 g/mol. The number of aliphatic carboxylic acids is 1. The van der Waals surface area contributed by atoms with E-state index in [4.69, 9.17) is 28.3 Å². The van der Waals surface area contributed by atoms with Gasteiger partial charge in [0, 0.05) is 0 Å². The molecule has 5 heteroatoms. The number of carboxylic acid groups (broad SMARTS) is 1. The molecule has 0 aliphatic heterocycles. The Balaban J connectivity index is 3.25. The molecule has 0 bridgehead atoms. The van der Waals surface area contributed by atoms with Crippen LogP contribution >= 0.6 is 23.2 Å². The lowest BCUT2D eigenvalue weighted by atomic mass is 9.92. The summed E-state index contributed by atoms with van der Waals surface area (Å²) >= 11 is 11.6. The van der Waals surface area contributed by atoms with Crippen molar-refractivity contribution in [2.24, 2.45) is 0 Å². The second kappa shape index (κ2) is 4.39. The molecule has 0 spiro atoms. The molecule has 0 saturated carbocycles. The minimum absolute atomic E-state index is 0.344. The minimum atomic E-state index is -1.16. The summed E-state index contributed by atoms with van der Waals surface area (Å²) in [4.78, 5) is 11.1. The van der Waals surface area contributed by atoms with Gasteiger partial charge in [0.05, 0.1) is 10.0 Å². The van der Waals surface area contributed by atoms with E-state index in [9.17, 15) is 4.79 Å². The maximum absolute atomic E-state index is 11.1. The number of halogens is 2. The van der Waals surface area contributed by atoms with E-state index in [1.54, 1.807) is 32.2 Å². The fourth-order valence-corrected chi connectivity index (χ4v) is 1.48. The van der Waals surface area contributed by atoms with Crippen molar-refractivity contribution in [3.05, 3.63) is 33.8 Å². The molecule has 1 unspecified atom stereocenters. The van der Waals surface area contributed by atoms with Gasteiger partial charge in [-0.1, -0.05) is 29.3 Å². The van der Waals surface area contributed by atoms with Crippen molar-refractivity contribution in [1.82, 2.24) is 5.32 Å². The predicted molar refractivity (Wildman–Crippen MR) is 60.5 cm³/mol. The Morgan fingerprint density at radius 3 is 2.40 bits per heavy atom. The quantitative estimate of drug-likeness (QED) is 0.864. The first-order valence-corrected chi connectivity index (χ1v) is 5.05. The van der Waals surface area contributed by atoms with Crippen LogP contribution in [0.25, 0.3) is 0 Å². The molecule has 15 heavy (non-hydrogen) atoms. The first kappa shape index (κ1) is 12.3. The van der Waals surface area contributed by atoms with Crippen molar-refractivity contribution in [2.45, 2.75) is 12.5 Å². The predicted octanol–water partition coefficient (Wildman–Crippen LogP) is 2.51. The van der Waals surface area contributed by atoms with E-state index in [0.29, 0.717) is 15.6 Å². The highest BCUT2D eigenvalue weighted by molar-refractivity contribution is 6.42. The average molecular weight is 248 g/mol. The van der Waals surface area contributed by atoms with E-state index in [0.717, 1.165) is 0 Å². The van der Waals surface area contributed by atoms with Crippen LogP contribution in [0.1, 0.15) is 12.5 Å². The monoisotopic (exact) mass is 247 g/mol. The van der Waals surface area contributed by atoms with Crippen LogP contribution in [0, 0.1) is 0 Å². The Bertz CT molecular complexity index is 395. The third-order valence-corrected chi connectivity index (χ3v) is 3.16. The number of carbonyl (C=O) groups is 1. The molecule has 3 nitrogen and oxygen atoms in total. The van der Waals surface area contributed by atoms with Crippen molar-refractivity contribution in [3.8, 4) is 0 Å². The molecule has 1 aromatic carbocycles. The van der Waals surface area contributed by atoms with Gasteiger partial charge in [0.25, 0.3) is 0 Å². The second-order valence-electron chi connectivity index (χ2n) is 3.31. The van der Waals surface area contributed by atoms with E-state index in [1.165, 1.54) is 0 Å². The maximum atomic E-state index is 11.1. The number of rotatable bonds is 3. The van der Waals surface area contributed by atoms with Crippen LogP contribution in [-0.2, 0) is 10.3 Å². The summed E-state index contributed by atoms with van der Waals surface area (Å²) in [5.41, 5.74) is -0.597. The van der Waals surface area contributed by atoms with Crippen LogP contribution in [0.2, 0.25) is 10.0 Å². The number of likely N-dealkylation sites (N-methyl/N-ethyl adjacent to an activating group) is 1. The number of hydrogen-bond donors (Lipinski definition) is 2. The van der Waals surface area contributed by atoms with Gasteiger partial charge in [-0.15, -0.1) is 0 Å².